The van der Waals surface area contributed by atoms with E-state index in [1.165, 1.54) is 30.6 Å². The van der Waals surface area contributed by atoms with Crippen LogP contribution in [0.25, 0.3) is 0 Å². The van der Waals surface area contributed by atoms with Crippen LogP contribution in [0.3, 0.4) is 0 Å². The average molecular weight is 461 g/mol. The van der Waals surface area contributed by atoms with Crippen LogP contribution in [0.2, 0.25) is 0 Å². The summed E-state index contributed by atoms with van der Waals surface area (Å²) in [5.41, 5.74) is 1.56. The number of rotatable bonds is 7. The number of halogens is 3. The summed E-state index contributed by atoms with van der Waals surface area (Å²) in [6, 6.07) is 12.3. The Kier molecular flexibility index (Phi) is 6.63. The first-order valence-corrected chi connectivity index (χ1v) is 9.80. The largest absolute Gasteiger partial charge is 0.477 e. The van der Waals surface area contributed by atoms with Crippen molar-refractivity contribution < 1.29 is 32.7 Å². The number of carboxylic acid groups (broad SMARTS) is 1. The molecule has 1 atom stereocenters. The van der Waals surface area contributed by atoms with Crippen LogP contribution in [-0.2, 0) is 20.8 Å². The fourth-order valence-electron chi connectivity index (χ4n) is 3.31. The normalized spacial score (nSPS) is 19.0. The van der Waals surface area contributed by atoms with Crippen molar-refractivity contribution in [3.8, 4) is 0 Å². The van der Waals surface area contributed by atoms with Crippen LogP contribution >= 0.6 is 0 Å². The van der Waals surface area contributed by atoms with Gasteiger partial charge in [0.25, 0.3) is 0 Å². The van der Waals surface area contributed by atoms with E-state index in [-0.39, 0.29) is 16.9 Å². The molecule has 3 N–H and O–H groups in total. The Morgan fingerprint density at radius 2 is 1.88 bits per heavy atom. The number of alkyl halides is 3. The van der Waals surface area contributed by atoms with E-state index in [2.05, 4.69) is 10.4 Å². The lowest BCUT2D eigenvalue weighted by Gasteiger charge is -2.24. The molecule has 0 aliphatic carbocycles. The highest BCUT2D eigenvalue weighted by atomic mass is 19.4. The number of hydrogen-bond acceptors (Lipinski definition) is 5. The number of para-hydroxylation sites is 1. The van der Waals surface area contributed by atoms with Gasteiger partial charge in [0.1, 0.15) is 11.8 Å². The molecule has 0 fully saturated rings. The van der Waals surface area contributed by atoms with Crippen molar-refractivity contribution in [3.05, 3.63) is 65.9 Å². The molecule has 3 rings (SSSR count). The van der Waals surface area contributed by atoms with E-state index in [1.54, 1.807) is 5.32 Å². The summed E-state index contributed by atoms with van der Waals surface area (Å²) < 4.78 is 36.7. The third-order valence-corrected chi connectivity index (χ3v) is 4.91. The number of carbonyl (C=O) groups excluding carboxylic acids is 2. The average Bonchev–Trinajstić information content (AvgIpc) is 3.07. The number of aliphatic carboxylic acids is 1. The minimum absolute atomic E-state index is 0.0176. The molecule has 0 spiro atoms. The molecule has 11 heteroatoms. The Balaban J connectivity index is 1.94. The van der Waals surface area contributed by atoms with Gasteiger partial charge < -0.3 is 15.7 Å². The van der Waals surface area contributed by atoms with Crippen LogP contribution in [0, 0.1) is 0 Å². The molecule has 1 aliphatic rings. The van der Waals surface area contributed by atoms with Gasteiger partial charge in [0.15, 0.2) is 5.69 Å². The van der Waals surface area contributed by atoms with Gasteiger partial charge in [0.2, 0.25) is 6.54 Å². The Labute approximate surface area is 186 Å². The maximum Gasteiger partial charge on any atom is 0.471 e. The Morgan fingerprint density at radius 1 is 1.15 bits per heavy atom. The molecule has 172 valence electrons. The highest BCUT2D eigenvalue weighted by molar-refractivity contribution is 6.21. The molecule has 0 radical (unpaired) electrons. The van der Waals surface area contributed by atoms with Gasteiger partial charge in [-0.1, -0.05) is 40.9 Å². The minimum atomic E-state index is -5.11. The van der Waals surface area contributed by atoms with Crippen molar-refractivity contribution in [1.29, 1.82) is 0 Å². The Morgan fingerprint density at radius 3 is 2.55 bits per heavy atom. The molecule has 2 aromatic carbocycles. The predicted molar refractivity (Wildman–Crippen MR) is 116 cm³/mol. The van der Waals surface area contributed by atoms with Gasteiger partial charge in [-0.05, 0) is 24.1 Å². The Hall–Kier alpha value is -3.99. The molecule has 0 saturated carbocycles. The zero-order chi connectivity index (χ0) is 24.2. The summed E-state index contributed by atoms with van der Waals surface area (Å²) in [4.78, 5) is 36.1. The van der Waals surface area contributed by atoms with Gasteiger partial charge in [-0.25, -0.2) is 9.59 Å². The molecule has 33 heavy (non-hydrogen) atoms. The Bertz CT molecular complexity index is 1160. The second-order valence-electron chi connectivity index (χ2n) is 7.13. The number of anilines is 2. The first-order chi connectivity index (χ1) is 15.6. The fourth-order valence-corrected chi connectivity index (χ4v) is 3.31. The van der Waals surface area contributed by atoms with E-state index in [0.717, 1.165) is 23.7 Å². The van der Waals surface area contributed by atoms with Gasteiger partial charge >= 0.3 is 24.0 Å². The summed E-state index contributed by atoms with van der Waals surface area (Å²) in [5.74, 6) is -4.24. The number of nitrogens with zero attached hydrogens (tertiary/aromatic N) is 2. The van der Waals surface area contributed by atoms with Crippen molar-refractivity contribution in [1.82, 2.24) is 4.59 Å². The third kappa shape index (κ3) is 5.09. The van der Waals surface area contributed by atoms with Crippen LogP contribution in [0.5, 0.6) is 0 Å². The maximum atomic E-state index is 13.2. The molecular weight excluding hydrogens is 441 g/mol. The number of carboxylic acids is 1. The summed E-state index contributed by atoms with van der Waals surface area (Å²) in [5, 5.41) is 18.2. The number of quaternary nitrogens is 1. The van der Waals surface area contributed by atoms with Gasteiger partial charge in [-0.3, -0.25) is 4.79 Å². The van der Waals surface area contributed by atoms with Gasteiger partial charge in [-0.2, -0.15) is 13.2 Å². The van der Waals surface area contributed by atoms with Crippen molar-refractivity contribution >= 4 is 41.1 Å². The van der Waals surface area contributed by atoms with Gasteiger partial charge in [0, 0.05) is 29.7 Å². The summed E-state index contributed by atoms with van der Waals surface area (Å²) >= 11 is 0. The standard InChI is InChI=1S/C22H19F3N4O4/c1-2-14-6-3-4-9-18(14)26-11-15-12-27-29(20(15)32,13-19(30)31)17-8-5-7-16(10-17)28-21(33)22(23,24)25/h3-12H,2,13H2,1H3,(H2-,26,27,28,30,31,32,33)/p+1. The maximum absolute atomic E-state index is 13.2. The summed E-state index contributed by atoms with van der Waals surface area (Å²) in [7, 11) is 0. The number of carbonyl (C=O) groups is 3. The molecule has 8 nitrogen and oxygen atoms in total. The van der Waals surface area contributed by atoms with Crippen LogP contribution in [0.4, 0.5) is 30.2 Å². The zero-order valence-corrected chi connectivity index (χ0v) is 17.4. The van der Waals surface area contributed by atoms with Crippen molar-refractivity contribution in [3.63, 3.8) is 0 Å². The first-order valence-electron chi connectivity index (χ1n) is 9.80. The number of nitrogens with one attached hydrogen (secondary N) is 2. The van der Waals surface area contributed by atoms with Crippen LogP contribution < -0.4 is 15.2 Å². The molecule has 0 saturated heterocycles. The second-order valence-corrected chi connectivity index (χ2v) is 7.13. The van der Waals surface area contributed by atoms with Crippen molar-refractivity contribution in [2.24, 2.45) is 5.10 Å². The van der Waals surface area contributed by atoms with E-state index >= 15 is 0 Å². The molecule has 1 unspecified atom stereocenters. The van der Waals surface area contributed by atoms with Crippen LogP contribution in [0.1, 0.15) is 12.5 Å². The highest BCUT2D eigenvalue weighted by Gasteiger charge is 2.48. The minimum Gasteiger partial charge on any atom is -0.477 e. The monoisotopic (exact) mass is 461 g/mol. The molecule has 0 bridgehead atoms. The van der Waals surface area contributed by atoms with Gasteiger partial charge in [-0.15, -0.1) is 0 Å². The zero-order valence-electron chi connectivity index (χ0n) is 17.4. The lowest BCUT2D eigenvalue weighted by atomic mass is 10.1. The van der Waals surface area contributed by atoms with E-state index < -0.39 is 35.1 Å². The fraction of sp³-hybridized carbons (Fsp3) is 0.182. The predicted octanol–water partition coefficient (Wildman–Crippen LogP) is 3.66. The topological polar surface area (TPSA) is 108 Å². The lowest BCUT2D eigenvalue weighted by molar-refractivity contribution is -0.167. The highest BCUT2D eigenvalue weighted by Crippen LogP contribution is 2.33. The lowest BCUT2D eigenvalue weighted by Crippen LogP contribution is -2.50. The van der Waals surface area contributed by atoms with Crippen LogP contribution in [0.15, 0.2) is 65.4 Å². The summed E-state index contributed by atoms with van der Waals surface area (Å²) in [6.07, 6.45) is -1.77. The molecule has 1 heterocycles. The van der Waals surface area contributed by atoms with E-state index in [1.807, 2.05) is 31.2 Å². The van der Waals surface area contributed by atoms with Crippen LogP contribution in [-0.4, -0.2) is 41.8 Å². The molecule has 1 aliphatic heterocycles. The number of hydrogen-bond donors (Lipinski definition) is 3. The van der Waals surface area contributed by atoms with Gasteiger partial charge in [0.05, 0.1) is 0 Å². The molecular formula is C22H20F3N4O4+. The van der Waals surface area contributed by atoms with E-state index in [9.17, 15) is 32.7 Å². The van der Waals surface area contributed by atoms with E-state index in [0.29, 0.717) is 0 Å². The smallest absolute Gasteiger partial charge is 0.471 e. The SMILES string of the molecule is CCc1ccccc1NC=C1C=N[N+](CC(=O)O)(c2cccc(NC(=O)C(F)(F)F)c2)C1=O. The molecule has 2 aromatic rings. The number of benzene rings is 2. The third-order valence-electron chi connectivity index (χ3n) is 4.91. The first kappa shape index (κ1) is 23.7. The van der Waals surface area contributed by atoms with Crippen molar-refractivity contribution in [2.75, 3.05) is 17.2 Å². The molecule has 0 aromatic heterocycles. The second kappa shape index (κ2) is 9.25. The molecule has 2 amide bonds. The van der Waals surface area contributed by atoms with Crippen molar-refractivity contribution in [2.45, 2.75) is 19.5 Å². The summed E-state index contributed by atoms with van der Waals surface area (Å²) in [6.45, 7) is 1.18. The number of amides is 2. The quantitative estimate of drug-likeness (QED) is 0.431. The number of aryl methyl sites for hydroxylation is 1. The van der Waals surface area contributed by atoms with E-state index in [4.69, 9.17) is 0 Å².